The SMILES string of the molecule is Clc1ccccc1-c1cc2c(s1)CCNC2. The number of hydrogen-bond acceptors (Lipinski definition) is 2. The molecule has 0 atom stereocenters. The van der Waals surface area contributed by atoms with Gasteiger partial charge in [-0.2, -0.15) is 0 Å². The topological polar surface area (TPSA) is 12.0 Å². The van der Waals surface area contributed by atoms with Crippen molar-refractivity contribution in [2.24, 2.45) is 0 Å². The second kappa shape index (κ2) is 4.21. The summed E-state index contributed by atoms with van der Waals surface area (Å²) in [7, 11) is 0. The smallest absolute Gasteiger partial charge is 0.0492 e. The Labute approximate surface area is 104 Å². The standard InChI is InChI=1S/C13H12ClNS/c14-11-4-2-1-3-10(11)13-7-9-8-15-6-5-12(9)16-13/h1-4,7,15H,5-6,8H2. The average molecular weight is 250 g/mol. The van der Waals surface area contributed by atoms with Crippen molar-refractivity contribution in [3.05, 3.63) is 45.8 Å². The van der Waals surface area contributed by atoms with Crippen LogP contribution in [-0.2, 0) is 13.0 Å². The van der Waals surface area contributed by atoms with E-state index in [0.29, 0.717) is 0 Å². The first-order valence-corrected chi connectivity index (χ1v) is 6.61. The molecule has 2 heterocycles. The maximum Gasteiger partial charge on any atom is 0.0492 e. The largest absolute Gasteiger partial charge is 0.312 e. The Kier molecular flexibility index (Phi) is 2.72. The van der Waals surface area contributed by atoms with Crippen LogP contribution in [-0.4, -0.2) is 6.54 Å². The van der Waals surface area contributed by atoms with Gasteiger partial charge < -0.3 is 5.32 Å². The quantitative estimate of drug-likeness (QED) is 0.813. The Morgan fingerprint density at radius 3 is 2.94 bits per heavy atom. The first kappa shape index (κ1) is 10.3. The third kappa shape index (κ3) is 1.77. The molecule has 0 saturated heterocycles. The predicted octanol–water partition coefficient (Wildman–Crippen LogP) is 3.71. The van der Waals surface area contributed by atoms with E-state index in [2.05, 4.69) is 17.4 Å². The second-order valence-electron chi connectivity index (χ2n) is 3.97. The van der Waals surface area contributed by atoms with Crippen molar-refractivity contribution in [2.75, 3.05) is 6.54 Å². The molecule has 0 bridgehead atoms. The highest BCUT2D eigenvalue weighted by Crippen LogP contribution is 2.36. The molecule has 0 spiro atoms. The highest BCUT2D eigenvalue weighted by molar-refractivity contribution is 7.15. The zero-order valence-electron chi connectivity index (χ0n) is 8.79. The molecule has 1 nitrogen and oxygen atoms in total. The molecule has 1 aliphatic rings. The Bertz CT molecular complexity index is 495. The van der Waals surface area contributed by atoms with Gasteiger partial charge in [0.25, 0.3) is 0 Å². The summed E-state index contributed by atoms with van der Waals surface area (Å²) in [6.07, 6.45) is 1.14. The maximum atomic E-state index is 6.21. The molecule has 0 radical (unpaired) electrons. The zero-order chi connectivity index (χ0) is 11.0. The Hall–Kier alpha value is -0.830. The second-order valence-corrected chi connectivity index (χ2v) is 5.51. The third-order valence-electron chi connectivity index (χ3n) is 2.88. The lowest BCUT2D eigenvalue weighted by Gasteiger charge is -2.10. The van der Waals surface area contributed by atoms with Crippen molar-refractivity contribution >= 4 is 22.9 Å². The van der Waals surface area contributed by atoms with Crippen LogP contribution in [0.4, 0.5) is 0 Å². The zero-order valence-corrected chi connectivity index (χ0v) is 10.4. The summed E-state index contributed by atoms with van der Waals surface area (Å²) in [4.78, 5) is 2.80. The van der Waals surface area contributed by atoms with Gasteiger partial charge in [0.15, 0.2) is 0 Å². The average Bonchev–Trinajstić information content (AvgIpc) is 2.73. The fraction of sp³-hybridized carbons (Fsp3) is 0.231. The monoisotopic (exact) mass is 249 g/mol. The summed E-state index contributed by atoms with van der Waals surface area (Å²) in [5.41, 5.74) is 2.59. The third-order valence-corrected chi connectivity index (χ3v) is 4.48. The highest BCUT2D eigenvalue weighted by Gasteiger charge is 2.14. The minimum Gasteiger partial charge on any atom is -0.312 e. The molecule has 1 aromatic carbocycles. The van der Waals surface area contributed by atoms with Crippen LogP contribution < -0.4 is 5.32 Å². The summed E-state index contributed by atoms with van der Waals surface area (Å²) in [6.45, 7) is 2.09. The van der Waals surface area contributed by atoms with Gasteiger partial charge in [-0.05, 0) is 24.1 Å². The molecule has 1 N–H and O–H groups in total. The lowest BCUT2D eigenvalue weighted by Crippen LogP contribution is -2.21. The minimum atomic E-state index is 0.842. The van der Waals surface area contributed by atoms with E-state index in [0.717, 1.165) is 30.1 Å². The molecule has 1 aliphatic heterocycles. The number of thiophene rings is 1. The number of halogens is 1. The van der Waals surface area contributed by atoms with Crippen molar-refractivity contribution in [3.8, 4) is 10.4 Å². The molecule has 3 heteroatoms. The molecule has 0 fully saturated rings. The van der Waals surface area contributed by atoms with Gasteiger partial charge in [-0.1, -0.05) is 29.8 Å². The predicted molar refractivity (Wildman–Crippen MR) is 70.2 cm³/mol. The van der Waals surface area contributed by atoms with Crippen molar-refractivity contribution in [1.82, 2.24) is 5.32 Å². The van der Waals surface area contributed by atoms with E-state index in [1.807, 2.05) is 29.5 Å². The van der Waals surface area contributed by atoms with Crippen molar-refractivity contribution < 1.29 is 0 Å². The van der Waals surface area contributed by atoms with Crippen LogP contribution in [0.2, 0.25) is 5.02 Å². The van der Waals surface area contributed by atoms with Crippen molar-refractivity contribution in [3.63, 3.8) is 0 Å². The van der Waals surface area contributed by atoms with E-state index >= 15 is 0 Å². The van der Waals surface area contributed by atoms with Gasteiger partial charge in [-0.15, -0.1) is 11.3 Å². The van der Waals surface area contributed by atoms with Crippen LogP contribution in [0.25, 0.3) is 10.4 Å². The molecule has 16 heavy (non-hydrogen) atoms. The summed E-state index contributed by atoms with van der Waals surface area (Å²) in [6, 6.07) is 10.3. The molecule has 82 valence electrons. The fourth-order valence-corrected chi connectivity index (χ4v) is 3.56. The lowest BCUT2D eigenvalue weighted by molar-refractivity contribution is 0.653. The van der Waals surface area contributed by atoms with Gasteiger partial charge in [-0.3, -0.25) is 0 Å². The van der Waals surface area contributed by atoms with Gasteiger partial charge >= 0.3 is 0 Å². The van der Waals surface area contributed by atoms with Crippen LogP contribution in [0.1, 0.15) is 10.4 Å². The normalized spacial score (nSPS) is 14.8. The van der Waals surface area contributed by atoms with Crippen LogP contribution in [0.5, 0.6) is 0 Å². The first-order chi connectivity index (χ1) is 7.84. The number of hydrogen-bond donors (Lipinski definition) is 1. The molecule has 1 aromatic heterocycles. The lowest BCUT2D eigenvalue weighted by atomic mass is 10.1. The van der Waals surface area contributed by atoms with Gasteiger partial charge in [0, 0.05) is 33.4 Å². The van der Waals surface area contributed by atoms with Gasteiger partial charge in [0.05, 0.1) is 0 Å². The van der Waals surface area contributed by atoms with Crippen LogP contribution in [0.15, 0.2) is 30.3 Å². The summed E-state index contributed by atoms with van der Waals surface area (Å²) < 4.78 is 0. The molecular formula is C13H12ClNS. The van der Waals surface area contributed by atoms with Gasteiger partial charge in [0.1, 0.15) is 0 Å². The van der Waals surface area contributed by atoms with Crippen LogP contribution in [0.3, 0.4) is 0 Å². The molecule has 0 amide bonds. The first-order valence-electron chi connectivity index (χ1n) is 5.42. The van der Waals surface area contributed by atoms with E-state index in [1.165, 1.54) is 15.3 Å². The minimum absolute atomic E-state index is 0.842. The molecule has 2 aromatic rings. The molecule has 0 saturated carbocycles. The van der Waals surface area contributed by atoms with E-state index in [4.69, 9.17) is 11.6 Å². The van der Waals surface area contributed by atoms with Gasteiger partial charge in [0.2, 0.25) is 0 Å². The Balaban J connectivity index is 2.07. The highest BCUT2D eigenvalue weighted by atomic mass is 35.5. The Morgan fingerprint density at radius 2 is 2.12 bits per heavy atom. The molecule has 0 aliphatic carbocycles. The number of nitrogens with one attached hydrogen (secondary N) is 1. The van der Waals surface area contributed by atoms with Crippen LogP contribution in [0, 0.1) is 0 Å². The molecular weight excluding hydrogens is 238 g/mol. The fourth-order valence-electron chi connectivity index (χ4n) is 2.05. The molecule has 3 rings (SSSR count). The Morgan fingerprint density at radius 1 is 1.25 bits per heavy atom. The van der Waals surface area contributed by atoms with E-state index in [-0.39, 0.29) is 0 Å². The summed E-state index contributed by atoms with van der Waals surface area (Å²) >= 11 is 8.09. The van der Waals surface area contributed by atoms with E-state index in [9.17, 15) is 0 Å². The number of rotatable bonds is 1. The summed E-state index contributed by atoms with van der Waals surface area (Å²) in [5.74, 6) is 0. The van der Waals surface area contributed by atoms with E-state index in [1.54, 1.807) is 0 Å². The van der Waals surface area contributed by atoms with Crippen molar-refractivity contribution in [1.29, 1.82) is 0 Å². The van der Waals surface area contributed by atoms with Crippen LogP contribution >= 0.6 is 22.9 Å². The van der Waals surface area contributed by atoms with Crippen molar-refractivity contribution in [2.45, 2.75) is 13.0 Å². The maximum absolute atomic E-state index is 6.21. The summed E-state index contributed by atoms with van der Waals surface area (Å²) in [5, 5.41) is 4.24. The van der Waals surface area contributed by atoms with E-state index < -0.39 is 0 Å². The number of fused-ring (bicyclic) bond motifs is 1. The molecule has 0 unspecified atom stereocenters. The number of benzene rings is 1. The van der Waals surface area contributed by atoms with Gasteiger partial charge in [-0.25, -0.2) is 0 Å².